The van der Waals surface area contributed by atoms with E-state index in [1.165, 1.54) is 0 Å². The second-order valence-corrected chi connectivity index (χ2v) is 1.98. The molecule has 1 aromatic rings. The predicted octanol–water partition coefficient (Wildman–Crippen LogP) is 2.01. The molecule has 0 saturated carbocycles. The molecule has 3 heteroatoms. The van der Waals surface area contributed by atoms with Crippen LogP contribution in [0, 0.1) is 0 Å². The number of allylic oxidation sites excluding steroid dienone is 1. The molecule has 0 fully saturated rings. The van der Waals surface area contributed by atoms with Gasteiger partial charge in [-0.25, -0.2) is 9.98 Å². The largest absolute Gasteiger partial charge is 0.251 e. The normalized spacial score (nSPS) is 10.0. The van der Waals surface area contributed by atoms with Gasteiger partial charge in [-0.15, -0.1) is 0 Å². The van der Waals surface area contributed by atoms with Crippen LogP contribution in [0.2, 0.25) is 0 Å². The molecule has 3 nitrogen and oxygen atoms in total. The highest BCUT2D eigenvalue weighted by atomic mass is 14.9. The lowest BCUT2D eigenvalue weighted by Gasteiger charge is -1.94. The summed E-state index contributed by atoms with van der Waals surface area (Å²) >= 11 is 0. The van der Waals surface area contributed by atoms with Crippen molar-refractivity contribution in [1.29, 1.82) is 0 Å². The first kappa shape index (κ1) is 8.33. The van der Waals surface area contributed by atoms with Gasteiger partial charge in [-0.05, 0) is 6.08 Å². The predicted molar refractivity (Wildman–Crippen MR) is 50.5 cm³/mol. The number of hydrogen-bond donors (Lipinski definition) is 0. The van der Waals surface area contributed by atoms with Crippen molar-refractivity contribution >= 4 is 18.1 Å². The highest BCUT2D eigenvalue weighted by Gasteiger charge is 1.95. The van der Waals surface area contributed by atoms with Gasteiger partial charge in [0.15, 0.2) is 5.82 Å². The number of aromatic nitrogens is 2. The van der Waals surface area contributed by atoms with Gasteiger partial charge < -0.3 is 0 Å². The molecule has 12 heavy (non-hydrogen) atoms. The molecule has 0 bridgehead atoms. The summed E-state index contributed by atoms with van der Waals surface area (Å²) in [5.74, 6) is 0.562. The summed E-state index contributed by atoms with van der Waals surface area (Å²) in [6, 6.07) is 0. The molecule has 0 radical (unpaired) electrons. The highest BCUT2D eigenvalue weighted by Crippen LogP contribution is 2.11. The fourth-order valence-corrected chi connectivity index (χ4v) is 0.708. The zero-order chi connectivity index (χ0) is 8.81. The number of hydrogen-bond acceptors (Lipinski definition) is 3. The lowest BCUT2D eigenvalue weighted by Crippen LogP contribution is -1.83. The van der Waals surface area contributed by atoms with Crippen molar-refractivity contribution in [3.63, 3.8) is 0 Å². The highest BCUT2D eigenvalue weighted by molar-refractivity contribution is 5.74. The number of rotatable bonds is 3. The summed E-state index contributed by atoms with van der Waals surface area (Å²) in [5.41, 5.74) is 0.676. The van der Waals surface area contributed by atoms with Crippen LogP contribution in [0.25, 0.3) is 6.08 Å². The van der Waals surface area contributed by atoms with Crippen molar-refractivity contribution in [2.45, 2.75) is 0 Å². The van der Waals surface area contributed by atoms with E-state index in [0.717, 1.165) is 0 Å². The van der Waals surface area contributed by atoms with Crippen LogP contribution < -0.4 is 0 Å². The first-order chi connectivity index (χ1) is 5.88. The molecular weight excluding hydrogens is 150 g/mol. The molecule has 1 rings (SSSR count). The third-order valence-electron chi connectivity index (χ3n) is 1.20. The van der Waals surface area contributed by atoms with Crippen molar-refractivity contribution < 1.29 is 0 Å². The van der Waals surface area contributed by atoms with E-state index in [1.54, 1.807) is 30.8 Å². The van der Waals surface area contributed by atoms with E-state index in [-0.39, 0.29) is 0 Å². The van der Waals surface area contributed by atoms with Crippen LogP contribution in [-0.4, -0.2) is 16.2 Å². The minimum atomic E-state index is 0.562. The van der Waals surface area contributed by atoms with E-state index in [0.29, 0.717) is 11.5 Å². The van der Waals surface area contributed by atoms with Crippen LogP contribution >= 0.6 is 0 Å². The van der Waals surface area contributed by atoms with Gasteiger partial charge in [-0.3, -0.25) is 4.98 Å². The van der Waals surface area contributed by atoms with Crippen molar-refractivity contribution in [1.82, 2.24) is 9.97 Å². The van der Waals surface area contributed by atoms with Gasteiger partial charge in [0.25, 0.3) is 0 Å². The maximum atomic E-state index is 4.02. The summed E-state index contributed by atoms with van der Waals surface area (Å²) in [4.78, 5) is 12.0. The fourth-order valence-electron chi connectivity index (χ4n) is 0.708. The van der Waals surface area contributed by atoms with Crippen molar-refractivity contribution in [3.8, 4) is 0 Å². The summed E-state index contributed by atoms with van der Waals surface area (Å²) in [6.07, 6.45) is 7.95. The quantitative estimate of drug-likeness (QED) is 0.633. The Morgan fingerprint density at radius 3 is 2.67 bits per heavy atom. The van der Waals surface area contributed by atoms with Crippen molar-refractivity contribution in [2.75, 3.05) is 0 Å². The van der Waals surface area contributed by atoms with Crippen LogP contribution in [0.1, 0.15) is 5.69 Å². The van der Waals surface area contributed by atoms with E-state index in [1.807, 2.05) is 0 Å². The van der Waals surface area contributed by atoms with E-state index in [2.05, 4.69) is 28.1 Å². The Labute approximate surface area is 71.2 Å². The van der Waals surface area contributed by atoms with Crippen molar-refractivity contribution in [3.05, 3.63) is 37.3 Å². The second kappa shape index (κ2) is 4.18. The van der Waals surface area contributed by atoms with Crippen LogP contribution in [0.3, 0.4) is 0 Å². The standard InChI is InChI=1S/C9H9N3/c1-3-5-11-9-8(4-2)10-6-7-12-9/h3-7H,1-2H2/b11-5-. The molecule has 0 spiro atoms. The maximum absolute atomic E-state index is 4.02. The van der Waals surface area contributed by atoms with E-state index in [9.17, 15) is 0 Å². The van der Waals surface area contributed by atoms with Crippen LogP contribution in [0.4, 0.5) is 5.82 Å². The van der Waals surface area contributed by atoms with E-state index in [4.69, 9.17) is 0 Å². The molecule has 0 amide bonds. The van der Waals surface area contributed by atoms with E-state index >= 15 is 0 Å². The Hall–Kier alpha value is -1.77. The Morgan fingerprint density at radius 1 is 1.25 bits per heavy atom. The summed E-state index contributed by atoms with van der Waals surface area (Å²) in [6.45, 7) is 7.11. The molecule has 0 aliphatic heterocycles. The molecule has 0 aliphatic carbocycles. The van der Waals surface area contributed by atoms with Crippen molar-refractivity contribution in [2.24, 2.45) is 4.99 Å². The Bertz CT molecular complexity index is 315. The minimum Gasteiger partial charge on any atom is -0.251 e. The molecule has 1 heterocycles. The molecular formula is C9H9N3. The van der Waals surface area contributed by atoms with Gasteiger partial charge in [0.1, 0.15) is 5.69 Å². The second-order valence-electron chi connectivity index (χ2n) is 1.98. The molecule has 0 atom stereocenters. The Kier molecular flexibility index (Phi) is 2.90. The molecule has 0 aliphatic rings. The average molecular weight is 159 g/mol. The molecule has 0 aromatic carbocycles. The summed E-state index contributed by atoms with van der Waals surface area (Å²) in [5, 5.41) is 0. The van der Waals surface area contributed by atoms with E-state index < -0.39 is 0 Å². The third kappa shape index (κ3) is 1.85. The SMILES string of the molecule is C=C/C=N\c1nccnc1C=C. The zero-order valence-corrected chi connectivity index (χ0v) is 6.64. The molecule has 0 unspecified atom stereocenters. The van der Waals surface area contributed by atoms with Gasteiger partial charge in [0.2, 0.25) is 0 Å². The smallest absolute Gasteiger partial charge is 0.178 e. The summed E-state index contributed by atoms with van der Waals surface area (Å²) in [7, 11) is 0. The number of aliphatic imine (C=N–C) groups is 1. The van der Waals surface area contributed by atoms with Crippen LogP contribution in [-0.2, 0) is 0 Å². The van der Waals surface area contributed by atoms with Crippen LogP contribution in [0.15, 0.2) is 36.6 Å². The topological polar surface area (TPSA) is 38.1 Å². The first-order valence-corrected chi connectivity index (χ1v) is 3.47. The van der Waals surface area contributed by atoms with Gasteiger partial charge in [0.05, 0.1) is 0 Å². The van der Waals surface area contributed by atoms with Gasteiger partial charge in [-0.2, -0.15) is 0 Å². The van der Waals surface area contributed by atoms with Crippen LogP contribution in [0.5, 0.6) is 0 Å². The van der Waals surface area contributed by atoms with Gasteiger partial charge in [-0.1, -0.05) is 19.2 Å². The van der Waals surface area contributed by atoms with Gasteiger partial charge in [0, 0.05) is 18.6 Å². The lowest BCUT2D eigenvalue weighted by atomic mass is 10.4. The fraction of sp³-hybridized carbons (Fsp3) is 0. The maximum Gasteiger partial charge on any atom is 0.178 e. The third-order valence-corrected chi connectivity index (χ3v) is 1.20. The Morgan fingerprint density at radius 2 is 2.00 bits per heavy atom. The molecule has 0 saturated heterocycles. The minimum absolute atomic E-state index is 0.562. The monoisotopic (exact) mass is 159 g/mol. The molecule has 60 valence electrons. The lowest BCUT2D eigenvalue weighted by molar-refractivity contribution is 1.16. The average Bonchev–Trinajstić information content (AvgIpc) is 2.15. The number of nitrogens with zero attached hydrogens (tertiary/aromatic N) is 3. The summed E-state index contributed by atoms with van der Waals surface area (Å²) < 4.78 is 0. The Balaban J connectivity index is 3.04. The molecule has 0 N–H and O–H groups in total. The van der Waals surface area contributed by atoms with Gasteiger partial charge >= 0.3 is 0 Å². The molecule has 1 aromatic heterocycles. The first-order valence-electron chi connectivity index (χ1n) is 3.47. The zero-order valence-electron chi connectivity index (χ0n) is 6.64.